The van der Waals surface area contributed by atoms with Gasteiger partial charge in [-0.1, -0.05) is 11.6 Å². The molecule has 2 aromatic rings. The monoisotopic (exact) mass is 403 g/mol. The molecule has 28 heavy (non-hydrogen) atoms. The second-order valence-electron chi connectivity index (χ2n) is 6.73. The van der Waals surface area contributed by atoms with Crippen LogP contribution in [-0.4, -0.2) is 57.2 Å². The molecule has 1 heterocycles. The normalized spacial score (nSPS) is 15.8. The summed E-state index contributed by atoms with van der Waals surface area (Å²) in [5, 5.41) is 3.71. The van der Waals surface area contributed by atoms with Crippen LogP contribution in [0.4, 0.5) is 11.4 Å². The second-order valence-corrected chi connectivity index (χ2v) is 7.17. The quantitative estimate of drug-likeness (QED) is 0.799. The summed E-state index contributed by atoms with van der Waals surface area (Å²) in [6.45, 7) is 5.32. The van der Waals surface area contributed by atoms with Crippen molar-refractivity contribution in [2.24, 2.45) is 0 Å². The van der Waals surface area contributed by atoms with Crippen LogP contribution in [0.2, 0.25) is 5.02 Å². The third-order valence-corrected chi connectivity index (χ3v) is 5.34. The van der Waals surface area contributed by atoms with Crippen molar-refractivity contribution in [3.63, 3.8) is 0 Å². The van der Waals surface area contributed by atoms with Crippen LogP contribution < -0.4 is 19.7 Å². The minimum absolute atomic E-state index is 0.0350. The average Bonchev–Trinajstić information content (AvgIpc) is 2.73. The van der Waals surface area contributed by atoms with Crippen LogP contribution in [-0.2, 0) is 4.79 Å². The van der Waals surface area contributed by atoms with Crippen LogP contribution in [0.15, 0.2) is 42.5 Å². The Morgan fingerprint density at radius 3 is 2.25 bits per heavy atom. The van der Waals surface area contributed by atoms with E-state index >= 15 is 0 Å². The molecule has 0 radical (unpaired) electrons. The molecule has 1 aliphatic heterocycles. The number of hydrogen-bond donors (Lipinski definition) is 1. The Bertz CT molecular complexity index is 805. The van der Waals surface area contributed by atoms with Gasteiger partial charge in [-0.3, -0.25) is 9.69 Å². The van der Waals surface area contributed by atoms with E-state index in [2.05, 4.69) is 15.1 Å². The molecule has 1 atom stereocenters. The number of anilines is 2. The molecule has 0 spiro atoms. The van der Waals surface area contributed by atoms with Crippen LogP contribution in [0.5, 0.6) is 11.5 Å². The summed E-state index contributed by atoms with van der Waals surface area (Å²) in [6, 6.07) is 13.0. The van der Waals surface area contributed by atoms with Crippen molar-refractivity contribution >= 4 is 28.9 Å². The molecular weight excluding hydrogens is 378 g/mol. The summed E-state index contributed by atoms with van der Waals surface area (Å²) >= 11 is 5.97. The maximum Gasteiger partial charge on any atom is 0.241 e. The molecule has 2 aromatic carbocycles. The van der Waals surface area contributed by atoms with Gasteiger partial charge in [-0.2, -0.15) is 0 Å². The third kappa shape index (κ3) is 4.69. The lowest BCUT2D eigenvalue weighted by molar-refractivity contribution is -0.120. The molecule has 0 aliphatic carbocycles. The average molecular weight is 404 g/mol. The van der Waals surface area contributed by atoms with E-state index in [1.54, 1.807) is 26.4 Å². The standard InChI is InChI=1S/C21H26ClN3O3/c1-15(21(26)23-17-6-9-19(27-2)20(14-17)28-3)24-10-12-25(13-11-24)18-7-4-16(22)5-8-18/h4-9,14-15H,10-13H2,1-3H3,(H,23,26). The highest BCUT2D eigenvalue weighted by Gasteiger charge is 2.26. The minimum atomic E-state index is -0.222. The van der Waals surface area contributed by atoms with Crippen molar-refractivity contribution in [3.8, 4) is 11.5 Å². The lowest BCUT2D eigenvalue weighted by atomic mass is 10.2. The van der Waals surface area contributed by atoms with Crippen molar-refractivity contribution in [2.75, 3.05) is 50.6 Å². The van der Waals surface area contributed by atoms with Gasteiger partial charge < -0.3 is 19.7 Å². The summed E-state index contributed by atoms with van der Waals surface area (Å²) in [6.07, 6.45) is 0. The molecule has 7 heteroatoms. The molecule has 0 saturated carbocycles. The molecule has 6 nitrogen and oxygen atoms in total. The van der Waals surface area contributed by atoms with Gasteiger partial charge in [-0.25, -0.2) is 0 Å². The van der Waals surface area contributed by atoms with Gasteiger partial charge in [0.1, 0.15) is 0 Å². The number of carbonyl (C=O) groups is 1. The Balaban J connectivity index is 1.56. The first-order valence-corrected chi connectivity index (χ1v) is 9.67. The van der Waals surface area contributed by atoms with Gasteiger partial charge in [0.2, 0.25) is 5.91 Å². The zero-order chi connectivity index (χ0) is 20.1. The Morgan fingerprint density at radius 1 is 1.00 bits per heavy atom. The summed E-state index contributed by atoms with van der Waals surface area (Å²) in [5.41, 5.74) is 1.85. The predicted molar refractivity (Wildman–Crippen MR) is 113 cm³/mol. The van der Waals surface area contributed by atoms with Crippen LogP contribution >= 0.6 is 11.6 Å². The van der Waals surface area contributed by atoms with Crippen LogP contribution in [0.25, 0.3) is 0 Å². The molecule has 150 valence electrons. The number of nitrogens with one attached hydrogen (secondary N) is 1. The first kappa shape index (κ1) is 20.3. The second kappa shape index (κ2) is 9.17. The number of carbonyl (C=O) groups excluding carboxylic acids is 1. The molecule has 1 saturated heterocycles. The number of benzene rings is 2. The van der Waals surface area contributed by atoms with E-state index in [1.807, 2.05) is 37.3 Å². The maximum absolute atomic E-state index is 12.7. The molecule has 1 aliphatic rings. The van der Waals surface area contributed by atoms with Gasteiger partial charge in [0.25, 0.3) is 0 Å². The maximum atomic E-state index is 12.7. The van der Waals surface area contributed by atoms with E-state index in [0.29, 0.717) is 17.2 Å². The summed E-state index contributed by atoms with van der Waals surface area (Å²) in [7, 11) is 3.16. The fourth-order valence-corrected chi connectivity index (χ4v) is 3.47. The van der Waals surface area contributed by atoms with Gasteiger partial charge >= 0.3 is 0 Å². The summed E-state index contributed by atoms with van der Waals surface area (Å²) in [5.74, 6) is 1.18. The third-order valence-electron chi connectivity index (χ3n) is 5.08. The van der Waals surface area contributed by atoms with Crippen LogP contribution in [0.3, 0.4) is 0 Å². The summed E-state index contributed by atoms with van der Waals surface area (Å²) < 4.78 is 10.5. The number of amides is 1. The fourth-order valence-electron chi connectivity index (χ4n) is 3.35. The number of piperazine rings is 1. The Morgan fingerprint density at radius 2 is 1.64 bits per heavy atom. The molecule has 1 unspecified atom stereocenters. The Hall–Kier alpha value is -2.44. The lowest BCUT2D eigenvalue weighted by Crippen LogP contribution is -2.52. The van der Waals surface area contributed by atoms with Crippen molar-refractivity contribution in [3.05, 3.63) is 47.5 Å². The van der Waals surface area contributed by atoms with E-state index < -0.39 is 0 Å². The smallest absolute Gasteiger partial charge is 0.241 e. The van der Waals surface area contributed by atoms with Gasteiger partial charge in [0, 0.05) is 48.6 Å². The van der Waals surface area contributed by atoms with Gasteiger partial charge in [-0.05, 0) is 43.3 Å². The van der Waals surface area contributed by atoms with E-state index in [9.17, 15) is 4.79 Å². The number of ether oxygens (including phenoxy) is 2. The Labute approximate surface area is 171 Å². The first-order valence-electron chi connectivity index (χ1n) is 9.29. The molecule has 1 N–H and O–H groups in total. The zero-order valence-corrected chi connectivity index (χ0v) is 17.2. The number of hydrogen-bond acceptors (Lipinski definition) is 5. The molecule has 3 rings (SSSR count). The highest BCUT2D eigenvalue weighted by atomic mass is 35.5. The van der Waals surface area contributed by atoms with Crippen molar-refractivity contribution in [1.29, 1.82) is 0 Å². The minimum Gasteiger partial charge on any atom is -0.493 e. The highest BCUT2D eigenvalue weighted by molar-refractivity contribution is 6.30. The Kier molecular flexibility index (Phi) is 6.65. The van der Waals surface area contributed by atoms with Gasteiger partial charge in [0.15, 0.2) is 11.5 Å². The van der Waals surface area contributed by atoms with E-state index in [4.69, 9.17) is 21.1 Å². The van der Waals surface area contributed by atoms with Crippen LogP contribution in [0.1, 0.15) is 6.92 Å². The molecule has 0 bridgehead atoms. The van der Waals surface area contributed by atoms with Gasteiger partial charge in [0.05, 0.1) is 20.3 Å². The molecule has 1 amide bonds. The fraction of sp³-hybridized carbons (Fsp3) is 0.381. The molecular formula is C21H26ClN3O3. The van der Waals surface area contributed by atoms with E-state index in [0.717, 1.165) is 36.9 Å². The van der Waals surface area contributed by atoms with Crippen molar-refractivity contribution < 1.29 is 14.3 Å². The lowest BCUT2D eigenvalue weighted by Gasteiger charge is -2.38. The zero-order valence-electron chi connectivity index (χ0n) is 16.4. The number of halogens is 1. The van der Waals surface area contributed by atoms with Crippen molar-refractivity contribution in [1.82, 2.24) is 4.90 Å². The number of nitrogens with zero attached hydrogens (tertiary/aromatic N) is 2. The van der Waals surface area contributed by atoms with E-state index in [1.165, 1.54) is 0 Å². The summed E-state index contributed by atoms with van der Waals surface area (Å²) in [4.78, 5) is 17.2. The molecule has 1 fully saturated rings. The van der Waals surface area contributed by atoms with E-state index in [-0.39, 0.29) is 11.9 Å². The number of rotatable bonds is 6. The first-order chi connectivity index (χ1) is 13.5. The van der Waals surface area contributed by atoms with Crippen molar-refractivity contribution in [2.45, 2.75) is 13.0 Å². The molecule has 0 aromatic heterocycles. The van der Waals surface area contributed by atoms with Gasteiger partial charge in [-0.15, -0.1) is 0 Å². The predicted octanol–water partition coefficient (Wildman–Crippen LogP) is 3.51. The largest absolute Gasteiger partial charge is 0.493 e. The van der Waals surface area contributed by atoms with Crippen LogP contribution in [0, 0.1) is 0 Å². The highest BCUT2D eigenvalue weighted by Crippen LogP contribution is 2.30. The SMILES string of the molecule is COc1ccc(NC(=O)C(C)N2CCN(c3ccc(Cl)cc3)CC2)cc1OC. The number of methoxy groups -OCH3 is 2. The topological polar surface area (TPSA) is 54.0 Å².